The summed E-state index contributed by atoms with van der Waals surface area (Å²) in [5.74, 6) is -2.62. The zero-order chi connectivity index (χ0) is 14.9. The van der Waals surface area contributed by atoms with Crippen molar-refractivity contribution >= 4 is 41.1 Å². The van der Waals surface area contributed by atoms with Gasteiger partial charge in [0, 0.05) is 11.8 Å². The highest BCUT2D eigenvalue weighted by atomic mass is 35.5. The molecule has 1 aliphatic rings. The number of nitrogens with one attached hydrogen (secondary N) is 1. The molecule has 20 heavy (non-hydrogen) atoms. The Labute approximate surface area is 121 Å². The molecule has 2 rings (SSSR count). The first-order chi connectivity index (χ1) is 9.40. The van der Waals surface area contributed by atoms with Crippen LogP contribution < -0.4 is 5.32 Å². The lowest BCUT2D eigenvalue weighted by molar-refractivity contribution is -0.140. The van der Waals surface area contributed by atoms with E-state index in [4.69, 9.17) is 16.7 Å². The molecule has 0 unspecified atom stereocenters. The Bertz CT molecular complexity index is 550. The molecule has 0 saturated carbocycles. The summed E-state index contributed by atoms with van der Waals surface area (Å²) in [5.41, 5.74) is -0.376. The molecule has 9 heteroatoms. The lowest BCUT2D eigenvalue weighted by atomic mass is 10.3. The normalized spacial score (nSPS) is 18.1. The van der Waals surface area contributed by atoms with Gasteiger partial charge in [0.15, 0.2) is 5.82 Å². The van der Waals surface area contributed by atoms with E-state index in [-0.39, 0.29) is 22.3 Å². The van der Waals surface area contributed by atoms with E-state index in [1.165, 1.54) is 11.8 Å². The topological polar surface area (TPSA) is 69.6 Å². The van der Waals surface area contributed by atoms with Crippen LogP contribution in [0.3, 0.4) is 0 Å². The summed E-state index contributed by atoms with van der Waals surface area (Å²) < 4.78 is 26.4. The number of thioether (sulfide) groups is 1. The summed E-state index contributed by atoms with van der Waals surface area (Å²) in [6, 6.07) is -0.347. The first-order valence-corrected chi connectivity index (χ1v) is 6.96. The van der Waals surface area contributed by atoms with Gasteiger partial charge in [0.05, 0.1) is 16.6 Å². The van der Waals surface area contributed by atoms with Crippen LogP contribution in [0.15, 0.2) is 12.1 Å². The summed E-state index contributed by atoms with van der Waals surface area (Å²) in [6.45, 7) is 0. The Kier molecular flexibility index (Phi) is 4.34. The van der Waals surface area contributed by atoms with E-state index in [0.717, 1.165) is 11.0 Å². The predicted octanol–water partition coefficient (Wildman–Crippen LogP) is 2.61. The second-order valence-electron chi connectivity index (χ2n) is 4.00. The molecule has 1 aliphatic heterocycles. The zero-order valence-corrected chi connectivity index (χ0v) is 11.5. The van der Waals surface area contributed by atoms with Crippen molar-refractivity contribution in [2.24, 2.45) is 0 Å². The number of carbonyl (C=O) groups excluding carboxylic acids is 1. The molecule has 1 aromatic rings. The molecular formula is C11H9ClF2N2O3S. The Morgan fingerprint density at radius 3 is 2.75 bits per heavy atom. The molecule has 0 aliphatic carbocycles. The highest BCUT2D eigenvalue weighted by Gasteiger charge is 2.35. The lowest BCUT2D eigenvalue weighted by Crippen LogP contribution is -2.44. The summed E-state index contributed by atoms with van der Waals surface area (Å²) in [7, 11) is 0. The zero-order valence-electron chi connectivity index (χ0n) is 9.90. The molecule has 2 N–H and O–H groups in total. The van der Waals surface area contributed by atoms with Gasteiger partial charge in [-0.1, -0.05) is 11.6 Å². The quantitative estimate of drug-likeness (QED) is 0.878. The highest BCUT2D eigenvalue weighted by molar-refractivity contribution is 7.99. The number of anilines is 1. The molecule has 0 aromatic heterocycles. The van der Waals surface area contributed by atoms with Crippen LogP contribution in [0.5, 0.6) is 0 Å². The molecule has 5 nitrogen and oxygen atoms in total. The number of aliphatic carboxylic acids is 1. The van der Waals surface area contributed by atoms with Gasteiger partial charge in [0.1, 0.15) is 11.9 Å². The van der Waals surface area contributed by atoms with Gasteiger partial charge in [0.2, 0.25) is 0 Å². The van der Waals surface area contributed by atoms with Crippen molar-refractivity contribution in [1.29, 1.82) is 0 Å². The highest BCUT2D eigenvalue weighted by Crippen LogP contribution is 2.28. The third-order valence-electron chi connectivity index (χ3n) is 2.67. The SMILES string of the molecule is O=C(O)[C@@H]1CSCN1C(=O)Nc1c(F)cc(F)cc1Cl. The molecule has 1 fully saturated rings. The number of amides is 2. The van der Waals surface area contributed by atoms with Gasteiger partial charge >= 0.3 is 12.0 Å². The molecule has 0 spiro atoms. The Morgan fingerprint density at radius 2 is 2.15 bits per heavy atom. The van der Waals surface area contributed by atoms with E-state index in [2.05, 4.69) is 5.32 Å². The van der Waals surface area contributed by atoms with Crippen LogP contribution in [0.1, 0.15) is 0 Å². The van der Waals surface area contributed by atoms with Crippen LogP contribution in [0.25, 0.3) is 0 Å². The number of carboxylic acids is 1. The van der Waals surface area contributed by atoms with Gasteiger partial charge in [0.25, 0.3) is 0 Å². The second kappa shape index (κ2) is 5.84. The maximum atomic E-state index is 13.5. The average Bonchev–Trinajstić information content (AvgIpc) is 2.82. The molecule has 108 valence electrons. The number of benzene rings is 1. The van der Waals surface area contributed by atoms with Crippen LogP contribution in [-0.2, 0) is 4.79 Å². The molecule has 1 saturated heterocycles. The lowest BCUT2D eigenvalue weighted by Gasteiger charge is -2.21. The number of carbonyl (C=O) groups is 2. The van der Waals surface area contributed by atoms with E-state index in [0.29, 0.717) is 6.07 Å². The third kappa shape index (κ3) is 2.96. The molecular weight excluding hydrogens is 314 g/mol. The van der Waals surface area contributed by atoms with Gasteiger partial charge in [-0.2, -0.15) is 0 Å². The minimum absolute atomic E-state index is 0.170. The minimum Gasteiger partial charge on any atom is -0.480 e. The van der Waals surface area contributed by atoms with Gasteiger partial charge in [-0.05, 0) is 6.07 Å². The van der Waals surface area contributed by atoms with Crippen molar-refractivity contribution in [2.75, 3.05) is 16.9 Å². The number of nitrogens with zero attached hydrogens (tertiary/aromatic N) is 1. The van der Waals surface area contributed by atoms with Crippen LogP contribution >= 0.6 is 23.4 Å². The van der Waals surface area contributed by atoms with E-state index in [1.54, 1.807) is 0 Å². The van der Waals surface area contributed by atoms with Gasteiger partial charge in [-0.3, -0.25) is 0 Å². The van der Waals surface area contributed by atoms with E-state index < -0.39 is 29.7 Å². The standard InChI is InChI=1S/C11H9ClF2N2O3S/c12-6-1-5(13)2-7(14)9(6)15-11(19)16-4-20-3-8(16)10(17)18/h1-2,8H,3-4H2,(H,15,19)(H,17,18)/t8-/m0/s1. The monoisotopic (exact) mass is 322 g/mol. The fourth-order valence-electron chi connectivity index (χ4n) is 1.69. The minimum atomic E-state index is -1.14. The van der Waals surface area contributed by atoms with Crippen molar-refractivity contribution < 1.29 is 23.5 Å². The van der Waals surface area contributed by atoms with E-state index in [1.807, 2.05) is 0 Å². The number of rotatable bonds is 2. The summed E-state index contributed by atoms with van der Waals surface area (Å²) >= 11 is 6.92. The van der Waals surface area contributed by atoms with Crippen LogP contribution in [0.4, 0.5) is 19.3 Å². The largest absolute Gasteiger partial charge is 0.480 e. The first kappa shape index (κ1) is 14.9. The maximum Gasteiger partial charge on any atom is 0.327 e. The number of hydrogen-bond donors (Lipinski definition) is 2. The second-order valence-corrected chi connectivity index (χ2v) is 5.41. The smallest absolute Gasteiger partial charge is 0.327 e. The van der Waals surface area contributed by atoms with Gasteiger partial charge in [-0.25, -0.2) is 18.4 Å². The molecule has 0 radical (unpaired) electrons. The Balaban J connectivity index is 2.18. The van der Waals surface area contributed by atoms with Gasteiger partial charge in [-0.15, -0.1) is 11.8 Å². The van der Waals surface area contributed by atoms with Gasteiger partial charge < -0.3 is 15.3 Å². The molecule has 2 amide bonds. The molecule has 1 aromatic carbocycles. The average molecular weight is 323 g/mol. The van der Waals surface area contributed by atoms with Crippen molar-refractivity contribution in [3.63, 3.8) is 0 Å². The van der Waals surface area contributed by atoms with Crippen LogP contribution in [0, 0.1) is 11.6 Å². The van der Waals surface area contributed by atoms with Crippen molar-refractivity contribution in [3.05, 3.63) is 28.8 Å². The molecule has 0 bridgehead atoms. The molecule has 1 atom stereocenters. The van der Waals surface area contributed by atoms with Crippen LogP contribution in [-0.4, -0.2) is 39.7 Å². The van der Waals surface area contributed by atoms with Crippen LogP contribution in [0.2, 0.25) is 5.02 Å². The number of urea groups is 1. The maximum absolute atomic E-state index is 13.5. The fourth-order valence-corrected chi connectivity index (χ4v) is 3.07. The van der Waals surface area contributed by atoms with E-state index >= 15 is 0 Å². The number of halogens is 3. The first-order valence-electron chi connectivity index (χ1n) is 5.43. The van der Waals surface area contributed by atoms with Crippen molar-refractivity contribution in [1.82, 2.24) is 4.90 Å². The van der Waals surface area contributed by atoms with Crippen molar-refractivity contribution in [2.45, 2.75) is 6.04 Å². The van der Waals surface area contributed by atoms with E-state index in [9.17, 15) is 18.4 Å². The fraction of sp³-hybridized carbons (Fsp3) is 0.273. The van der Waals surface area contributed by atoms with Crippen molar-refractivity contribution in [3.8, 4) is 0 Å². The summed E-state index contributed by atoms with van der Waals surface area (Å²) in [5, 5.41) is 10.8. The Hall–Kier alpha value is -1.54. The number of carboxylic acid groups (broad SMARTS) is 1. The summed E-state index contributed by atoms with van der Waals surface area (Å²) in [4.78, 5) is 23.9. The molecule has 1 heterocycles. The predicted molar refractivity (Wildman–Crippen MR) is 71.0 cm³/mol. The number of hydrogen-bond acceptors (Lipinski definition) is 3. The summed E-state index contributed by atoms with van der Waals surface area (Å²) in [6.07, 6.45) is 0. The third-order valence-corrected chi connectivity index (χ3v) is 3.98. The Morgan fingerprint density at radius 1 is 1.45 bits per heavy atom.